The Bertz CT molecular complexity index is 333. The summed E-state index contributed by atoms with van der Waals surface area (Å²) in [6.07, 6.45) is 39.7. The molecule has 0 radical (unpaired) electrons. The van der Waals surface area contributed by atoms with Gasteiger partial charge in [0.2, 0.25) is 0 Å². The van der Waals surface area contributed by atoms with Gasteiger partial charge in [-0.25, -0.2) is 0 Å². The van der Waals surface area contributed by atoms with E-state index in [4.69, 9.17) is 0 Å². The summed E-state index contributed by atoms with van der Waals surface area (Å²) in [6, 6.07) is 0. The Morgan fingerprint density at radius 2 is 0.545 bits per heavy atom. The van der Waals surface area contributed by atoms with Gasteiger partial charge in [0.1, 0.15) is 0 Å². The molecule has 0 heterocycles. The molecule has 0 aromatic heterocycles. The molecule has 0 N–H and O–H groups in total. The summed E-state index contributed by atoms with van der Waals surface area (Å²) >= 11 is 0. The van der Waals surface area contributed by atoms with Crippen molar-refractivity contribution < 1.29 is 0 Å². The van der Waals surface area contributed by atoms with E-state index in [1.54, 1.807) is 0 Å². The predicted molar refractivity (Wildman–Crippen MR) is 154 cm³/mol. The van der Waals surface area contributed by atoms with Crippen LogP contribution in [0.3, 0.4) is 0 Å². The maximum absolute atomic E-state index is 2.50. The van der Waals surface area contributed by atoms with Gasteiger partial charge in [-0.2, -0.15) is 0 Å². The van der Waals surface area contributed by atoms with E-state index in [1.165, 1.54) is 173 Å². The van der Waals surface area contributed by atoms with Crippen LogP contribution in [0.5, 0.6) is 0 Å². The van der Waals surface area contributed by atoms with Gasteiger partial charge >= 0.3 is 0 Å². The van der Waals surface area contributed by atoms with Crippen molar-refractivity contribution in [3.05, 3.63) is 0 Å². The summed E-state index contributed by atoms with van der Waals surface area (Å²) in [4.78, 5) is 0. The summed E-state index contributed by atoms with van der Waals surface area (Å²) in [7, 11) is 0. The first-order valence-electron chi connectivity index (χ1n) is 16.2. The summed E-state index contributed by atoms with van der Waals surface area (Å²) in [6.45, 7) is 9.54. The predicted octanol–water partition coefficient (Wildman–Crippen LogP) is 12.8. The molecular formula is C33H68. The Balaban J connectivity index is 3.16. The summed E-state index contributed by atoms with van der Waals surface area (Å²) in [5.74, 6) is 1.91. The van der Waals surface area contributed by atoms with E-state index in [9.17, 15) is 0 Å². The lowest BCUT2D eigenvalue weighted by Crippen LogP contribution is -1.95. The fraction of sp³-hybridized carbons (Fsp3) is 1.00. The van der Waals surface area contributed by atoms with Crippen molar-refractivity contribution in [2.75, 3.05) is 0 Å². The molecule has 0 bridgehead atoms. The SMILES string of the molecule is CCCCCCCCCCCCCCCCC(C)CCCCCCCCCCCC(C)CC. The van der Waals surface area contributed by atoms with Crippen molar-refractivity contribution >= 4 is 0 Å². The molecule has 0 aliphatic heterocycles. The maximum atomic E-state index is 2.50. The molecule has 0 rings (SSSR count). The Labute approximate surface area is 212 Å². The molecule has 0 aromatic rings. The second-order valence-electron chi connectivity index (χ2n) is 11.8. The molecule has 0 aliphatic carbocycles. The summed E-state index contributed by atoms with van der Waals surface area (Å²) in [5, 5.41) is 0. The molecule has 2 atom stereocenters. The highest BCUT2D eigenvalue weighted by atomic mass is 14.1. The van der Waals surface area contributed by atoms with E-state index < -0.39 is 0 Å². The van der Waals surface area contributed by atoms with E-state index in [0.29, 0.717) is 0 Å². The number of hydrogen-bond acceptors (Lipinski definition) is 0. The van der Waals surface area contributed by atoms with Crippen LogP contribution in [0, 0.1) is 11.8 Å². The maximum Gasteiger partial charge on any atom is -0.0443 e. The van der Waals surface area contributed by atoms with Crippen molar-refractivity contribution in [3.8, 4) is 0 Å². The standard InChI is InChI=1S/C33H68/c1-5-7-8-9-10-11-12-13-14-15-17-21-24-27-30-33(4)31-28-25-22-19-16-18-20-23-26-29-32(3)6-2/h32-33H,5-31H2,1-4H3. The topological polar surface area (TPSA) is 0 Å². The third-order valence-corrected chi connectivity index (χ3v) is 8.14. The van der Waals surface area contributed by atoms with Crippen molar-refractivity contribution in [1.82, 2.24) is 0 Å². The molecule has 0 nitrogen and oxygen atoms in total. The molecule has 200 valence electrons. The second-order valence-corrected chi connectivity index (χ2v) is 11.8. The highest BCUT2D eigenvalue weighted by molar-refractivity contribution is 4.57. The molecule has 0 saturated heterocycles. The van der Waals surface area contributed by atoms with Gasteiger partial charge in [0.25, 0.3) is 0 Å². The normalized spacial score (nSPS) is 13.5. The largest absolute Gasteiger partial charge is 0.0654 e. The molecule has 0 aliphatic rings. The van der Waals surface area contributed by atoms with Crippen LogP contribution in [0.4, 0.5) is 0 Å². The van der Waals surface area contributed by atoms with E-state index in [2.05, 4.69) is 27.7 Å². The minimum atomic E-state index is 0.946. The van der Waals surface area contributed by atoms with Gasteiger partial charge in [-0.1, -0.05) is 201 Å². The monoisotopic (exact) mass is 465 g/mol. The van der Waals surface area contributed by atoms with Gasteiger partial charge in [-0.3, -0.25) is 0 Å². The molecule has 0 amide bonds. The van der Waals surface area contributed by atoms with Crippen LogP contribution in [0.25, 0.3) is 0 Å². The molecule has 2 unspecified atom stereocenters. The van der Waals surface area contributed by atoms with Gasteiger partial charge < -0.3 is 0 Å². The van der Waals surface area contributed by atoms with Gasteiger partial charge in [-0.15, -0.1) is 0 Å². The minimum absolute atomic E-state index is 0.946. The molecule has 33 heavy (non-hydrogen) atoms. The van der Waals surface area contributed by atoms with Crippen molar-refractivity contribution in [2.45, 2.75) is 201 Å². The van der Waals surface area contributed by atoms with Crippen molar-refractivity contribution in [2.24, 2.45) is 11.8 Å². The number of rotatable bonds is 28. The first-order chi connectivity index (χ1) is 16.2. The average Bonchev–Trinajstić information content (AvgIpc) is 2.82. The average molecular weight is 465 g/mol. The van der Waals surface area contributed by atoms with Crippen LogP contribution in [0.15, 0.2) is 0 Å². The Morgan fingerprint density at radius 3 is 0.818 bits per heavy atom. The van der Waals surface area contributed by atoms with Crippen molar-refractivity contribution in [3.63, 3.8) is 0 Å². The first-order valence-corrected chi connectivity index (χ1v) is 16.2. The van der Waals surface area contributed by atoms with E-state index in [0.717, 1.165) is 11.8 Å². The molecule has 0 spiro atoms. The van der Waals surface area contributed by atoms with Crippen LogP contribution in [-0.2, 0) is 0 Å². The molecule has 0 heteroatoms. The fourth-order valence-corrected chi connectivity index (χ4v) is 5.26. The first kappa shape index (κ1) is 33.0. The second kappa shape index (κ2) is 28.2. The Kier molecular flexibility index (Phi) is 28.2. The van der Waals surface area contributed by atoms with Gasteiger partial charge in [0, 0.05) is 0 Å². The van der Waals surface area contributed by atoms with E-state index >= 15 is 0 Å². The third kappa shape index (κ3) is 28.1. The molecule has 0 saturated carbocycles. The van der Waals surface area contributed by atoms with Crippen LogP contribution >= 0.6 is 0 Å². The van der Waals surface area contributed by atoms with Crippen LogP contribution in [0.1, 0.15) is 201 Å². The highest BCUT2D eigenvalue weighted by Gasteiger charge is 2.03. The quantitative estimate of drug-likeness (QED) is 0.101. The molecular weight excluding hydrogens is 396 g/mol. The Hall–Kier alpha value is 0. The molecule has 0 aromatic carbocycles. The Morgan fingerprint density at radius 1 is 0.303 bits per heavy atom. The smallest absolute Gasteiger partial charge is 0.0443 e. The zero-order valence-corrected chi connectivity index (χ0v) is 24.2. The summed E-state index contributed by atoms with van der Waals surface area (Å²) in [5.41, 5.74) is 0. The molecule has 0 fully saturated rings. The van der Waals surface area contributed by atoms with Crippen LogP contribution in [0.2, 0.25) is 0 Å². The van der Waals surface area contributed by atoms with Gasteiger partial charge in [-0.05, 0) is 11.8 Å². The van der Waals surface area contributed by atoms with Crippen molar-refractivity contribution in [1.29, 1.82) is 0 Å². The van der Waals surface area contributed by atoms with Crippen LogP contribution < -0.4 is 0 Å². The van der Waals surface area contributed by atoms with Gasteiger partial charge in [0.05, 0.1) is 0 Å². The lowest BCUT2D eigenvalue weighted by atomic mass is 9.95. The number of hydrogen-bond donors (Lipinski definition) is 0. The number of unbranched alkanes of at least 4 members (excludes halogenated alkanes) is 21. The zero-order valence-electron chi connectivity index (χ0n) is 24.2. The van der Waals surface area contributed by atoms with E-state index in [-0.39, 0.29) is 0 Å². The minimum Gasteiger partial charge on any atom is -0.0654 e. The third-order valence-electron chi connectivity index (χ3n) is 8.14. The van der Waals surface area contributed by atoms with E-state index in [1.807, 2.05) is 0 Å². The highest BCUT2D eigenvalue weighted by Crippen LogP contribution is 2.20. The lowest BCUT2D eigenvalue weighted by molar-refractivity contribution is 0.429. The van der Waals surface area contributed by atoms with Crippen LogP contribution in [-0.4, -0.2) is 0 Å². The summed E-state index contributed by atoms with van der Waals surface area (Å²) < 4.78 is 0. The lowest BCUT2D eigenvalue weighted by Gasteiger charge is -2.11. The zero-order chi connectivity index (χ0) is 24.2. The fourth-order valence-electron chi connectivity index (χ4n) is 5.26. The van der Waals surface area contributed by atoms with Gasteiger partial charge in [0.15, 0.2) is 0 Å².